The molecule has 13 nitrogen and oxygen atoms in total. The summed E-state index contributed by atoms with van der Waals surface area (Å²) in [4.78, 5) is 56.0. The van der Waals surface area contributed by atoms with Crippen LogP contribution in [0.1, 0.15) is 102 Å². The number of fused-ring (bicyclic) bond motifs is 1. The van der Waals surface area contributed by atoms with E-state index in [-0.39, 0.29) is 41.4 Å². The van der Waals surface area contributed by atoms with Crippen molar-refractivity contribution >= 4 is 33.8 Å². The van der Waals surface area contributed by atoms with Gasteiger partial charge in [-0.15, -0.1) is 0 Å². The van der Waals surface area contributed by atoms with Crippen molar-refractivity contribution in [3.05, 3.63) is 0 Å². The summed E-state index contributed by atoms with van der Waals surface area (Å²) < 4.78 is 26.7. The van der Waals surface area contributed by atoms with Crippen molar-refractivity contribution in [2.24, 2.45) is 28.6 Å². The fourth-order valence-electron chi connectivity index (χ4n) is 6.90. The van der Waals surface area contributed by atoms with E-state index in [1.807, 2.05) is 41.5 Å². The van der Waals surface area contributed by atoms with E-state index in [4.69, 9.17) is 0 Å². The number of amides is 5. The minimum atomic E-state index is -3.67. The van der Waals surface area contributed by atoms with Gasteiger partial charge >= 0.3 is 6.03 Å². The van der Waals surface area contributed by atoms with Crippen LogP contribution in [0.25, 0.3) is 0 Å². The quantitative estimate of drug-likeness (QED) is 0.208. The summed E-state index contributed by atoms with van der Waals surface area (Å²) in [6.45, 7) is 20.7. The monoisotopic (exact) mass is 698 g/mol. The van der Waals surface area contributed by atoms with E-state index < -0.39 is 68.6 Å². The average Bonchev–Trinajstić information content (AvgIpc) is 3.22. The van der Waals surface area contributed by atoms with Gasteiger partial charge in [0.2, 0.25) is 21.8 Å². The number of aliphatic hydroxyl groups is 1. The largest absolute Gasteiger partial charge is 0.381 e. The zero-order chi connectivity index (χ0) is 36.8. The first kappa shape index (κ1) is 40.0. The maximum atomic E-state index is 14.2. The third kappa shape index (κ3) is 9.41. The van der Waals surface area contributed by atoms with Crippen LogP contribution in [0.3, 0.4) is 0 Å². The molecule has 2 aliphatic carbocycles. The highest BCUT2D eigenvalue weighted by Gasteiger charge is 2.70. The fourth-order valence-corrected chi connectivity index (χ4v) is 8.37. The summed E-state index contributed by atoms with van der Waals surface area (Å²) in [6, 6.07) is -3.16. The molecule has 3 rings (SSSR count). The van der Waals surface area contributed by atoms with Gasteiger partial charge in [-0.1, -0.05) is 53.9 Å². The summed E-state index contributed by atoms with van der Waals surface area (Å²) in [5, 5.41) is 22.4. The van der Waals surface area contributed by atoms with Gasteiger partial charge < -0.3 is 31.3 Å². The van der Waals surface area contributed by atoms with Gasteiger partial charge in [0.1, 0.15) is 12.1 Å². The van der Waals surface area contributed by atoms with Crippen molar-refractivity contribution in [1.29, 1.82) is 0 Å². The van der Waals surface area contributed by atoms with Crippen LogP contribution < -0.4 is 21.3 Å². The number of carbonyl (C=O) groups is 4. The number of hydrogen-bond donors (Lipinski definition) is 5. The van der Waals surface area contributed by atoms with Crippen LogP contribution in [0, 0.1) is 28.6 Å². The number of carbonyl (C=O) groups excluding carboxylic acids is 4. The first-order chi connectivity index (χ1) is 21.7. The topological polar surface area (TPSA) is 177 Å². The molecule has 48 heavy (non-hydrogen) atoms. The van der Waals surface area contributed by atoms with Gasteiger partial charge in [0.25, 0.3) is 5.91 Å². The molecule has 1 heterocycles. The summed E-state index contributed by atoms with van der Waals surface area (Å²) in [6.07, 6.45) is 1.62. The Balaban J connectivity index is 1.78. The van der Waals surface area contributed by atoms with E-state index in [0.29, 0.717) is 13.0 Å². The summed E-state index contributed by atoms with van der Waals surface area (Å²) in [5.41, 5.74) is -1.99. The molecule has 5 N–H and O–H groups in total. The zero-order valence-electron chi connectivity index (χ0n) is 31.2. The number of sulfonamides is 1. The van der Waals surface area contributed by atoms with Gasteiger partial charge in [0.05, 0.1) is 11.8 Å². The molecule has 276 valence electrons. The summed E-state index contributed by atoms with van der Waals surface area (Å²) >= 11 is 0. The lowest BCUT2D eigenvalue weighted by Gasteiger charge is -2.39. The van der Waals surface area contributed by atoms with Crippen molar-refractivity contribution < 1.29 is 32.7 Å². The van der Waals surface area contributed by atoms with Crippen molar-refractivity contribution in [3.8, 4) is 0 Å². The van der Waals surface area contributed by atoms with Crippen LogP contribution in [0.15, 0.2) is 0 Å². The number of piperidine rings is 1. The Kier molecular flexibility index (Phi) is 11.7. The molecule has 0 aromatic rings. The Bertz CT molecular complexity index is 1330. The average molecular weight is 699 g/mol. The Morgan fingerprint density at radius 2 is 1.56 bits per heavy atom. The Morgan fingerprint density at radius 1 is 0.979 bits per heavy atom. The van der Waals surface area contributed by atoms with Crippen LogP contribution in [-0.2, 0) is 24.4 Å². The second-order valence-corrected chi connectivity index (χ2v) is 20.0. The third-order valence-corrected chi connectivity index (χ3v) is 12.6. The molecule has 0 radical (unpaired) electrons. The first-order valence-corrected chi connectivity index (χ1v) is 18.9. The van der Waals surface area contributed by atoms with E-state index in [2.05, 4.69) is 35.1 Å². The van der Waals surface area contributed by atoms with Gasteiger partial charge in [-0.05, 0) is 76.5 Å². The van der Waals surface area contributed by atoms with E-state index in [1.165, 1.54) is 11.4 Å². The van der Waals surface area contributed by atoms with E-state index in [0.717, 1.165) is 19.3 Å². The number of rotatable bonds is 12. The number of likely N-dealkylation sites (tertiary alicyclic amines) is 1. The van der Waals surface area contributed by atoms with Gasteiger partial charge in [-0.2, -0.15) is 4.31 Å². The highest BCUT2D eigenvalue weighted by atomic mass is 32.2. The molecule has 3 fully saturated rings. The first-order valence-electron chi connectivity index (χ1n) is 17.3. The Labute approximate surface area is 288 Å². The highest BCUT2D eigenvalue weighted by Crippen LogP contribution is 2.65. The highest BCUT2D eigenvalue weighted by molar-refractivity contribution is 7.89. The van der Waals surface area contributed by atoms with E-state index in [1.54, 1.807) is 25.7 Å². The molecule has 4 unspecified atom stereocenters. The molecular formula is C34H62N6O7S. The smallest absolute Gasteiger partial charge is 0.315 e. The van der Waals surface area contributed by atoms with Crippen molar-refractivity contribution in [1.82, 2.24) is 30.5 Å². The minimum Gasteiger partial charge on any atom is -0.381 e. The second-order valence-electron chi connectivity index (χ2n) is 17.9. The standard InChI is InChI=1S/C34H62N6O7S/c1-31(2,3)26(37-30(45)38-32(4,5)6)29(44)40-19-21-23(34(21,10)11)24(40)27(42)36-22(18-20-14-13-15-20)25(41)28(43)35-16-17-48(46,47)39(12)33(7,8)9/h20-26,41H,13-19H2,1-12H3,(H,35,43)(H,36,42)(H2,37,38,45)/t21?,22?,23?,24-,25?,26+/m0/s1. The van der Waals surface area contributed by atoms with Crippen molar-refractivity contribution in [2.45, 2.75) is 137 Å². The lowest BCUT2D eigenvalue weighted by atomic mass is 9.79. The van der Waals surface area contributed by atoms with Crippen LogP contribution in [0.4, 0.5) is 4.79 Å². The van der Waals surface area contributed by atoms with Gasteiger partial charge in [-0.25, -0.2) is 13.2 Å². The Morgan fingerprint density at radius 3 is 2.04 bits per heavy atom. The van der Waals surface area contributed by atoms with Crippen molar-refractivity contribution in [2.75, 3.05) is 25.9 Å². The number of nitrogens with one attached hydrogen (secondary N) is 4. The van der Waals surface area contributed by atoms with Crippen LogP contribution >= 0.6 is 0 Å². The van der Waals surface area contributed by atoms with E-state index in [9.17, 15) is 32.7 Å². The zero-order valence-corrected chi connectivity index (χ0v) is 32.0. The summed E-state index contributed by atoms with van der Waals surface area (Å²) in [5.74, 6) is -1.71. The molecule has 0 aromatic carbocycles. The molecule has 3 aliphatic rings. The molecule has 0 aromatic heterocycles. The van der Waals surface area contributed by atoms with Crippen molar-refractivity contribution in [3.63, 3.8) is 0 Å². The molecule has 0 spiro atoms. The summed E-state index contributed by atoms with van der Waals surface area (Å²) in [7, 11) is -2.18. The lowest BCUT2D eigenvalue weighted by Crippen LogP contribution is -2.62. The number of urea groups is 1. The van der Waals surface area contributed by atoms with Crippen LogP contribution in [0.2, 0.25) is 0 Å². The predicted octanol–water partition coefficient (Wildman–Crippen LogP) is 2.19. The molecule has 1 aliphatic heterocycles. The number of nitrogens with zero attached hydrogens (tertiary/aromatic N) is 2. The fraction of sp³-hybridized carbons (Fsp3) is 0.882. The maximum Gasteiger partial charge on any atom is 0.315 e. The molecule has 1 saturated heterocycles. The van der Waals surface area contributed by atoms with Gasteiger partial charge in [-0.3, -0.25) is 14.4 Å². The lowest BCUT2D eigenvalue weighted by molar-refractivity contribution is -0.145. The number of aliphatic hydroxyl groups excluding tert-OH is 1. The third-order valence-electron chi connectivity index (χ3n) is 10.4. The van der Waals surface area contributed by atoms with E-state index >= 15 is 0 Å². The Hall–Kier alpha value is -2.45. The predicted molar refractivity (Wildman–Crippen MR) is 185 cm³/mol. The molecule has 0 bridgehead atoms. The minimum absolute atomic E-state index is 0.0905. The molecular weight excluding hydrogens is 636 g/mol. The van der Waals surface area contributed by atoms with Crippen LogP contribution in [0.5, 0.6) is 0 Å². The van der Waals surface area contributed by atoms with Crippen LogP contribution in [-0.4, -0.2) is 108 Å². The second kappa shape index (κ2) is 14.0. The van der Waals surface area contributed by atoms with Gasteiger partial charge in [0.15, 0.2) is 6.10 Å². The molecule has 2 saturated carbocycles. The maximum absolute atomic E-state index is 14.2. The number of hydrogen-bond acceptors (Lipinski definition) is 7. The molecule has 14 heteroatoms. The normalized spacial score (nSPS) is 24.5. The SMILES string of the molecule is CN(C(C)(C)C)S(=O)(=O)CCNC(=O)C(O)C(CC1CCC1)NC(=O)[C@@H]1C2C(CN1C(=O)[C@@H](NC(=O)NC(C)(C)C)C(C)(C)C)C2(C)C. The molecule has 5 amide bonds. The van der Waals surface area contributed by atoms with Gasteiger partial charge in [0, 0.05) is 31.2 Å². The molecule has 6 atom stereocenters.